The summed E-state index contributed by atoms with van der Waals surface area (Å²) in [6, 6.07) is 13.9. The molecule has 0 saturated heterocycles. The Labute approximate surface area is 113 Å². The number of benzene rings is 2. The number of aryl methyl sites for hydroxylation is 3. The normalized spacial score (nSPS) is 13.1. The van der Waals surface area contributed by atoms with Gasteiger partial charge >= 0.3 is 0 Å². The third-order valence-corrected chi connectivity index (χ3v) is 3.64. The molecule has 0 unspecified atom stereocenters. The summed E-state index contributed by atoms with van der Waals surface area (Å²) < 4.78 is 0. The molecule has 0 aliphatic heterocycles. The third-order valence-electron chi connectivity index (χ3n) is 3.64. The van der Waals surface area contributed by atoms with Crippen LogP contribution in [0.25, 0.3) is 0 Å². The van der Waals surface area contributed by atoms with E-state index in [0.29, 0.717) is 0 Å². The lowest BCUT2D eigenvalue weighted by molar-refractivity contribution is 0.102. The van der Waals surface area contributed by atoms with Crippen LogP contribution in [0, 0.1) is 6.92 Å². The topological polar surface area (TPSA) is 29.1 Å². The van der Waals surface area contributed by atoms with Gasteiger partial charge < -0.3 is 5.32 Å². The van der Waals surface area contributed by atoms with Crippen molar-refractivity contribution in [3.05, 3.63) is 64.7 Å². The van der Waals surface area contributed by atoms with Crippen molar-refractivity contribution in [1.82, 2.24) is 0 Å². The van der Waals surface area contributed by atoms with Crippen LogP contribution in [0.2, 0.25) is 0 Å². The Balaban J connectivity index is 1.81. The fraction of sp³-hybridized carbons (Fsp3) is 0.235. The molecule has 0 fully saturated rings. The van der Waals surface area contributed by atoms with Crippen LogP contribution < -0.4 is 5.32 Å². The molecule has 0 bridgehead atoms. The fourth-order valence-corrected chi connectivity index (χ4v) is 2.64. The number of nitrogens with one attached hydrogen (secondary N) is 1. The predicted molar refractivity (Wildman–Crippen MR) is 77.6 cm³/mol. The minimum absolute atomic E-state index is 0.0275. The number of rotatable bonds is 2. The van der Waals surface area contributed by atoms with Crippen molar-refractivity contribution in [2.45, 2.75) is 26.2 Å². The number of fused-ring (bicyclic) bond motifs is 1. The zero-order valence-corrected chi connectivity index (χ0v) is 11.1. The standard InChI is InChI=1S/C17H17NO/c1-12-4-2-7-16(10-12)18-17(19)15-9-8-13-5-3-6-14(13)11-15/h2,4,7-11H,3,5-6H2,1H3,(H,18,19). The summed E-state index contributed by atoms with van der Waals surface area (Å²) in [7, 11) is 0. The summed E-state index contributed by atoms with van der Waals surface area (Å²) in [5.41, 5.74) is 5.48. The van der Waals surface area contributed by atoms with E-state index in [4.69, 9.17) is 0 Å². The van der Waals surface area contributed by atoms with Gasteiger partial charge in [0.1, 0.15) is 0 Å². The first-order valence-corrected chi connectivity index (χ1v) is 6.72. The Morgan fingerprint density at radius 2 is 1.89 bits per heavy atom. The molecular weight excluding hydrogens is 234 g/mol. The highest BCUT2D eigenvalue weighted by atomic mass is 16.1. The number of hydrogen-bond acceptors (Lipinski definition) is 1. The van der Waals surface area contributed by atoms with Crippen LogP contribution in [0.15, 0.2) is 42.5 Å². The van der Waals surface area contributed by atoms with Crippen LogP contribution in [-0.2, 0) is 12.8 Å². The Morgan fingerprint density at radius 1 is 1.05 bits per heavy atom. The van der Waals surface area contributed by atoms with E-state index in [-0.39, 0.29) is 5.91 Å². The Hall–Kier alpha value is -2.09. The van der Waals surface area contributed by atoms with Crippen molar-refractivity contribution in [1.29, 1.82) is 0 Å². The summed E-state index contributed by atoms with van der Waals surface area (Å²) in [6.07, 6.45) is 3.45. The van der Waals surface area contributed by atoms with Crippen LogP contribution in [-0.4, -0.2) is 5.91 Å². The van der Waals surface area contributed by atoms with Gasteiger partial charge in [0.2, 0.25) is 0 Å². The molecule has 96 valence electrons. The van der Waals surface area contributed by atoms with E-state index in [9.17, 15) is 4.79 Å². The first-order chi connectivity index (χ1) is 9.22. The monoisotopic (exact) mass is 251 g/mol. The molecule has 0 aromatic heterocycles. The summed E-state index contributed by atoms with van der Waals surface area (Å²) in [4.78, 5) is 12.2. The molecule has 1 aliphatic carbocycles. The molecule has 0 atom stereocenters. The molecular formula is C17H17NO. The molecule has 0 saturated carbocycles. The molecule has 3 rings (SSSR count). The molecule has 1 amide bonds. The Bertz CT molecular complexity index is 631. The Morgan fingerprint density at radius 3 is 2.74 bits per heavy atom. The highest BCUT2D eigenvalue weighted by Crippen LogP contribution is 2.23. The van der Waals surface area contributed by atoms with Crippen molar-refractivity contribution in [3.63, 3.8) is 0 Å². The SMILES string of the molecule is Cc1cccc(NC(=O)c2ccc3c(c2)CCC3)c1. The van der Waals surface area contributed by atoms with Crippen molar-refractivity contribution >= 4 is 11.6 Å². The molecule has 0 heterocycles. The van der Waals surface area contributed by atoms with E-state index in [1.165, 1.54) is 17.5 Å². The highest BCUT2D eigenvalue weighted by Gasteiger charge is 2.13. The second-order valence-electron chi connectivity index (χ2n) is 5.16. The maximum Gasteiger partial charge on any atom is 0.255 e. The van der Waals surface area contributed by atoms with Crippen LogP contribution in [0.4, 0.5) is 5.69 Å². The van der Waals surface area contributed by atoms with E-state index in [2.05, 4.69) is 11.4 Å². The predicted octanol–water partition coefficient (Wildman–Crippen LogP) is 3.74. The van der Waals surface area contributed by atoms with Gasteiger partial charge in [0, 0.05) is 11.3 Å². The fourth-order valence-electron chi connectivity index (χ4n) is 2.64. The van der Waals surface area contributed by atoms with Crippen molar-refractivity contribution < 1.29 is 4.79 Å². The van der Waals surface area contributed by atoms with Gasteiger partial charge in [0.25, 0.3) is 5.91 Å². The number of anilines is 1. The first kappa shape index (κ1) is 12.0. The largest absolute Gasteiger partial charge is 0.322 e. The van der Waals surface area contributed by atoms with E-state index < -0.39 is 0 Å². The maximum atomic E-state index is 12.2. The van der Waals surface area contributed by atoms with Gasteiger partial charge in [-0.05, 0) is 67.1 Å². The number of carbonyl (C=O) groups is 1. The van der Waals surface area contributed by atoms with Crippen molar-refractivity contribution in [2.24, 2.45) is 0 Å². The van der Waals surface area contributed by atoms with Gasteiger partial charge in [0.15, 0.2) is 0 Å². The number of carbonyl (C=O) groups excluding carboxylic acids is 1. The smallest absolute Gasteiger partial charge is 0.255 e. The summed E-state index contributed by atoms with van der Waals surface area (Å²) in [5.74, 6) is -0.0275. The van der Waals surface area contributed by atoms with Crippen molar-refractivity contribution in [2.75, 3.05) is 5.32 Å². The minimum Gasteiger partial charge on any atom is -0.322 e. The molecule has 1 N–H and O–H groups in total. The summed E-state index contributed by atoms with van der Waals surface area (Å²) in [5, 5.41) is 2.95. The molecule has 0 spiro atoms. The van der Waals surface area contributed by atoms with E-state index in [1.807, 2.05) is 43.3 Å². The second-order valence-corrected chi connectivity index (χ2v) is 5.16. The van der Waals surface area contributed by atoms with E-state index >= 15 is 0 Å². The highest BCUT2D eigenvalue weighted by molar-refractivity contribution is 6.04. The Kier molecular flexibility index (Phi) is 3.08. The molecule has 19 heavy (non-hydrogen) atoms. The lowest BCUT2D eigenvalue weighted by atomic mass is 10.1. The lowest BCUT2D eigenvalue weighted by Gasteiger charge is -2.07. The van der Waals surface area contributed by atoms with Crippen LogP contribution >= 0.6 is 0 Å². The number of hydrogen-bond donors (Lipinski definition) is 1. The average Bonchev–Trinajstić information content (AvgIpc) is 2.85. The summed E-state index contributed by atoms with van der Waals surface area (Å²) >= 11 is 0. The second kappa shape index (κ2) is 4.88. The first-order valence-electron chi connectivity index (χ1n) is 6.72. The number of amides is 1. The molecule has 2 heteroatoms. The van der Waals surface area contributed by atoms with Gasteiger partial charge in [-0.1, -0.05) is 18.2 Å². The molecule has 1 aliphatic rings. The molecule has 0 radical (unpaired) electrons. The molecule has 2 aromatic carbocycles. The van der Waals surface area contributed by atoms with Gasteiger partial charge in [-0.3, -0.25) is 4.79 Å². The van der Waals surface area contributed by atoms with Crippen LogP contribution in [0.3, 0.4) is 0 Å². The molecule has 2 nitrogen and oxygen atoms in total. The zero-order chi connectivity index (χ0) is 13.2. The quantitative estimate of drug-likeness (QED) is 0.865. The minimum atomic E-state index is -0.0275. The average molecular weight is 251 g/mol. The van der Waals surface area contributed by atoms with Crippen molar-refractivity contribution in [3.8, 4) is 0 Å². The third kappa shape index (κ3) is 2.53. The van der Waals surface area contributed by atoms with Gasteiger partial charge in [-0.15, -0.1) is 0 Å². The van der Waals surface area contributed by atoms with E-state index in [1.54, 1.807) is 0 Å². The maximum absolute atomic E-state index is 12.2. The summed E-state index contributed by atoms with van der Waals surface area (Å²) in [6.45, 7) is 2.02. The zero-order valence-electron chi connectivity index (χ0n) is 11.1. The molecule has 2 aromatic rings. The van der Waals surface area contributed by atoms with Gasteiger partial charge in [-0.2, -0.15) is 0 Å². The van der Waals surface area contributed by atoms with Crippen LogP contribution in [0.5, 0.6) is 0 Å². The van der Waals surface area contributed by atoms with Gasteiger partial charge in [-0.25, -0.2) is 0 Å². The lowest BCUT2D eigenvalue weighted by Crippen LogP contribution is -2.12. The van der Waals surface area contributed by atoms with E-state index in [0.717, 1.165) is 29.7 Å². The van der Waals surface area contributed by atoms with Gasteiger partial charge in [0.05, 0.1) is 0 Å². The van der Waals surface area contributed by atoms with Crippen LogP contribution in [0.1, 0.15) is 33.5 Å².